The molecular formula is C18H22BrN. The fraction of sp³-hybridized carbons (Fsp3) is 0.333. The molecule has 0 aliphatic heterocycles. The number of nitrogens with two attached hydrogens (primary N) is 1. The van der Waals surface area contributed by atoms with E-state index in [0.29, 0.717) is 0 Å². The van der Waals surface area contributed by atoms with Gasteiger partial charge in [0.25, 0.3) is 0 Å². The second kappa shape index (κ2) is 6.55. The SMILES string of the molecule is CCc1ccc(CC(N)c2cc(C)c(Br)c(C)c2)cc1. The van der Waals surface area contributed by atoms with Crippen LogP contribution in [0.1, 0.15) is 40.8 Å². The summed E-state index contributed by atoms with van der Waals surface area (Å²) in [6.07, 6.45) is 1.96. The first-order valence-electron chi connectivity index (χ1n) is 7.11. The normalized spacial score (nSPS) is 12.4. The highest BCUT2D eigenvalue weighted by atomic mass is 79.9. The fourth-order valence-electron chi connectivity index (χ4n) is 2.48. The van der Waals surface area contributed by atoms with Gasteiger partial charge in [-0.1, -0.05) is 59.3 Å². The van der Waals surface area contributed by atoms with Crippen LogP contribution in [0.3, 0.4) is 0 Å². The lowest BCUT2D eigenvalue weighted by Gasteiger charge is -2.15. The number of halogens is 1. The maximum Gasteiger partial charge on any atom is 0.0335 e. The van der Waals surface area contributed by atoms with Crippen molar-refractivity contribution in [2.75, 3.05) is 0 Å². The van der Waals surface area contributed by atoms with Crippen LogP contribution in [0.5, 0.6) is 0 Å². The van der Waals surface area contributed by atoms with Crippen LogP contribution in [0.2, 0.25) is 0 Å². The topological polar surface area (TPSA) is 26.0 Å². The van der Waals surface area contributed by atoms with E-state index >= 15 is 0 Å². The summed E-state index contributed by atoms with van der Waals surface area (Å²) in [6.45, 7) is 6.40. The molecule has 2 aromatic carbocycles. The molecule has 0 saturated carbocycles. The molecule has 2 heteroatoms. The first-order valence-corrected chi connectivity index (χ1v) is 7.90. The monoisotopic (exact) mass is 331 g/mol. The maximum atomic E-state index is 6.37. The highest BCUT2D eigenvalue weighted by molar-refractivity contribution is 9.10. The summed E-state index contributed by atoms with van der Waals surface area (Å²) in [5.74, 6) is 0. The van der Waals surface area contributed by atoms with Crippen LogP contribution >= 0.6 is 15.9 Å². The summed E-state index contributed by atoms with van der Waals surface area (Å²) in [6, 6.07) is 13.2. The molecule has 2 N–H and O–H groups in total. The molecular weight excluding hydrogens is 310 g/mol. The molecule has 0 bridgehead atoms. The lowest BCUT2D eigenvalue weighted by molar-refractivity contribution is 0.719. The van der Waals surface area contributed by atoms with E-state index in [9.17, 15) is 0 Å². The van der Waals surface area contributed by atoms with Gasteiger partial charge in [-0.25, -0.2) is 0 Å². The van der Waals surface area contributed by atoms with E-state index in [-0.39, 0.29) is 6.04 Å². The van der Waals surface area contributed by atoms with Gasteiger partial charge < -0.3 is 5.73 Å². The molecule has 0 aliphatic rings. The average molecular weight is 332 g/mol. The van der Waals surface area contributed by atoms with Crippen molar-refractivity contribution < 1.29 is 0 Å². The molecule has 1 unspecified atom stereocenters. The van der Waals surface area contributed by atoms with Gasteiger partial charge in [0.2, 0.25) is 0 Å². The van der Waals surface area contributed by atoms with Crippen molar-refractivity contribution in [2.45, 2.75) is 39.7 Å². The summed E-state index contributed by atoms with van der Waals surface area (Å²) in [4.78, 5) is 0. The Hall–Kier alpha value is -1.12. The molecule has 2 aromatic rings. The van der Waals surface area contributed by atoms with E-state index < -0.39 is 0 Å². The Balaban J connectivity index is 2.16. The van der Waals surface area contributed by atoms with Crippen LogP contribution < -0.4 is 5.73 Å². The van der Waals surface area contributed by atoms with Gasteiger partial charge in [0.05, 0.1) is 0 Å². The third-order valence-electron chi connectivity index (χ3n) is 3.77. The molecule has 1 atom stereocenters. The van der Waals surface area contributed by atoms with Gasteiger partial charge in [0.1, 0.15) is 0 Å². The number of benzene rings is 2. The van der Waals surface area contributed by atoms with Gasteiger partial charge >= 0.3 is 0 Å². The van der Waals surface area contributed by atoms with Crippen molar-refractivity contribution in [3.8, 4) is 0 Å². The third kappa shape index (κ3) is 3.50. The van der Waals surface area contributed by atoms with Crippen molar-refractivity contribution >= 4 is 15.9 Å². The third-order valence-corrected chi connectivity index (χ3v) is 5.02. The van der Waals surface area contributed by atoms with E-state index in [1.807, 2.05) is 0 Å². The van der Waals surface area contributed by atoms with E-state index in [1.54, 1.807) is 0 Å². The van der Waals surface area contributed by atoms with Crippen molar-refractivity contribution in [3.63, 3.8) is 0 Å². The minimum Gasteiger partial charge on any atom is -0.324 e. The highest BCUT2D eigenvalue weighted by Gasteiger charge is 2.10. The minimum absolute atomic E-state index is 0.0491. The molecule has 1 nitrogen and oxygen atoms in total. The molecule has 0 amide bonds. The predicted octanol–water partition coefficient (Wildman–Crippen LogP) is 4.87. The zero-order valence-corrected chi connectivity index (χ0v) is 14.0. The average Bonchev–Trinajstić information content (AvgIpc) is 2.45. The van der Waals surface area contributed by atoms with Gasteiger partial charge in [0.15, 0.2) is 0 Å². The predicted molar refractivity (Wildman–Crippen MR) is 90.1 cm³/mol. The van der Waals surface area contributed by atoms with Crippen molar-refractivity contribution in [2.24, 2.45) is 5.73 Å². The van der Waals surface area contributed by atoms with Crippen LogP contribution in [0.15, 0.2) is 40.9 Å². The maximum absolute atomic E-state index is 6.37. The fourth-order valence-corrected chi connectivity index (χ4v) is 2.71. The Morgan fingerprint density at radius 1 is 1.00 bits per heavy atom. The summed E-state index contributed by atoms with van der Waals surface area (Å²) in [5.41, 5.74) is 12.7. The number of hydrogen-bond donors (Lipinski definition) is 1. The molecule has 0 spiro atoms. The van der Waals surface area contributed by atoms with E-state index in [1.165, 1.54) is 32.3 Å². The van der Waals surface area contributed by atoms with Gasteiger partial charge in [-0.15, -0.1) is 0 Å². The summed E-state index contributed by atoms with van der Waals surface area (Å²) in [5, 5.41) is 0. The summed E-state index contributed by atoms with van der Waals surface area (Å²) < 4.78 is 1.18. The second-order valence-electron chi connectivity index (χ2n) is 5.45. The number of aryl methyl sites for hydroxylation is 3. The minimum atomic E-state index is 0.0491. The Labute approximate surface area is 130 Å². The van der Waals surface area contributed by atoms with Crippen LogP contribution in [0, 0.1) is 13.8 Å². The molecule has 0 aliphatic carbocycles. The molecule has 0 radical (unpaired) electrons. The lowest BCUT2D eigenvalue weighted by atomic mass is 9.96. The van der Waals surface area contributed by atoms with Gasteiger partial charge in [-0.2, -0.15) is 0 Å². The highest BCUT2D eigenvalue weighted by Crippen LogP contribution is 2.26. The molecule has 0 heterocycles. The summed E-state index contributed by atoms with van der Waals surface area (Å²) >= 11 is 3.60. The number of rotatable bonds is 4. The molecule has 106 valence electrons. The van der Waals surface area contributed by atoms with E-state index in [2.05, 4.69) is 73.1 Å². The zero-order valence-electron chi connectivity index (χ0n) is 12.4. The van der Waals surface area contributed by atoms with E-state index in [4.69, 9.17) is 5.73 Å². The van der Waals surface area contributed by atoms with Crippen molar-refractivity contribution in [3.05, 3.63) is 68.7 Å². The Morgan fingerprint density at radius 3 is 2.00 bits per heavy atom. The Morgan fingerprint density at radius 2 is 1.50 bits per heavy atom. The smallest absolute Gasteiger partial charge is 0.0335 e. The molecule has 0 saturated heterocycles. The Kier molecular flexibility index (Phi) is 5.00. The largest absolute Gasteiger partial charge is 0.324 e. The lowest BCUT2D eigenvalue weighted by Crippen LogP contribution is -2.14. The first-order chi connectivity index (χ1) is 9.51. The van der Waals surface area contributed by atoms with E-state index in [0.717, 1.165) is 12.8 Å². The molecule has 0 fully saturated rings. The van der Waals surface area contributed by atoms with Crippen LogP contribution in [-0.2, 0) is 12.8 Å². The standard InChI is InChI=1S/C18H22BrN/c1-4-14-5-7-15(8-6-14)11-17(20)16-9-12(2)18(19)13(3)10-16/h5-10,17H,4,11,20H2,1-3H3. The number of hydrogen-bond acceptors (Lipinski definition) is 1. The van der Waals surface area contributed by atoms with Crippen LogP contribution in [-0.4, -0.2) is 0 Å². The molecule has 0 aromatic heterocycles. The first kappa shape index (κ1) is 15.3. The van der Waals surface area contributed by atoms with Gasteiger partial charge in [-0.05, 0) is 54.5 Å². The van der Waals surface area contributed by atoms with Crippen LogP contribution in [0.4, 0.5) is 0 Å². The van der Waals surface area contributed by atoms with Gasteiger partial charge in [-0.3, -0.25) is 0 Å². The van der Waals surface area contributed by atoms with Crippen LogP contribution in [0.25, 0.3) is 0 Å². The zero-order chi connectivity index (χ0) is 14.7. The molecule has 20 heavy (non-hydrogen) atoms. The van der Waals surface area contributed by atoms with Crippen molar-refractivity contribution in [1.29, 1.82) is 0 Å². The quantitative estimate of drug-likeness (QED) is 0.849. The molecule has 2 rings (SSSR count). The second-order valence-corrected chi connectivity index (χ2v) is 6.24. The van der Waals surface area contributed by atoms with Gasteiger partial charge in [0, 0.05) is 10.5 Å². The Bertz CT molecular complexity index is 564. The van der Waals surface area contributed by atoms with Crippen molar-refractivity contribution in [1.82, 2.24) is 0 Å². The summed E-state index contributed by atoms with van der Waals surface area (Å²) in [7, 11) is 0.